The van der Waals surface area contributed by atoms with Gasteiger partial charge in [-0.15, -0.1) is 23.5 Å². The Balaban J connectivity index is 0.000000171. The molecular weight excluding hydrogens is 284 g/mol. The van der Waals surface area contributed by atoms with Crippen LogP contribution in [0.2, 0.25) is 0 Å². The minimum absolute atomic E-state index is 1.29. The zero-order valence-electron chi connectivity index (χ0n) is 6.70. The van der Waals surface area contributed by atoms with E-state index < -0.39 is 10.4 Å². The second-order valence-electron chi connectivity index (χ2n) is 2.07. The van der Waals surface area contributed by atoms with Crippen LogP contribution in [0.5, 0.6) is 0 Å². The monoisotopic (exact) mass is 290 g/mol. The molecular formula is C5H6O4S5. The van der Waals surface area contributed by atoms with Crippen LogP contribution in [-0.4, -0.2) is 29.0 Å². The van der Waals surface area contributed by atoms with Crippen LogP contribution in [0.25, 0.3) is 0 Å². The fourth-order valence-corrected chi connectivity index (χ4v) is 6.30. The van der Waals surface area contributed by atoms with Gasteiger partial charge in [0.2, 0.25) is 15.8 Å². The first-order chi connectivity index (χ1) is 6.47. The van der Waals surface area contributed by atoms with E-state index in [4.69, 9.17) is 17.5 Å². The van der Waals surface area contributed by atoms with E-state index in [-0.39, 0.29) is 0 Å². The molecule has 0 amide bonds. The van der Waals surface area contributed by atoms with Crippen LogP contribution in [-0.2, 0) is 10.4 Å². The van der Waals surface area contributed by atoms with Crippen LogP contribution in [0.3, 0.4) is 0 Å². The lowest BCUT2D eigenvalue weighted by molar-refractivity contribution is 0.366. The number of rotatable bonds is 0. The summed E-state index contributed by atoms with van der Waals surface area (Å²) in [5.41, 5.74) is 0. The fourth-order valence-electron chi connectivity index (χ4n) is 0.675. The van der Waals surface area contributed by atoms with Gasteiger partial charge in [-0.2, -0.15) is 0 Å². The van der Waals surface area contributed by atoms with Gasteiger partial charge >= 0.3 is 0 Å². The van der Waals surface area contributed by atoms with Crippen LogP contribution in [0, 0.1) is 0 Å². The molecule has 0 saturated carbocycles. The quantitative estimate of drug-likeness (QED) is 0.342. The highest BCUT2D eigenvalue weighted by Crippen LogP contribution is 2.42. The first kappa shape index (κ1) is 12.7. The summed E-state index contributed by atoms with van der Waals surface area (Å²) in [6, 6.07) is 0. The van der Waals surface area contributed by atoms with Crippen molar-refractivity contribution in [3.8, 4) is 0 Å². The normalized spacial score (nSPS) is 15.3. The molecule has 1 aliphatic heterocycles. The molecule has 1 aromatic rings. The summed E-state index contributed by atoms with van der Waals surface area (Å²) in [5, 5.41) is 2.26. The smallest absolute Gasteiger partial charge is 0.294 e. The summed E-state index contributed by atoms with van der Waals surface area (Å²) in [5.74, 6) is 2.59. The van der Waals surface area contributed by atoms with Crippen molar-refractivity contribution in [2.75, 3.05) is 11.5 Å². The SMILES string of the molecule is O=S(=O)([O-])O.c1[s+]sc2c1SCCS2. The lowest BCUT2D eigenvalue weighted by Crippen LogP contribution is -1.90. The van der Waals surface area contributed by atoms with Crippen molar-refractivity contribution in [2.45, 2.75) is 9.10 Å². The van der Waals surface area contributed by atoms with Gasteiger partial charge in [0, 0.05) is 11.5 Å². The van der Waals surface area contributed by atoms with E-state index in [9.17, 15) is 0 Å². The average Bonchev–Trinajstić information content (AvgIpc) is 2.47. The van der Waals surface area contributed by atoms with Gasteiger partial charge in [-0.25, -0.2) is 8.42 Å². The highest BCUT2D eigenvalue weighted by atomic mass is 32.9. The van der Waals surface area contributed by atoms with Crippen LogP contribution >= 0.6 is 44.2 Å². The summed E-state index contributed by atoms with van der Waals surface area (Å²) in [7, 11) is -1.15. The van der Waals surface area contributed by atoms with E-state index in [2.05, 4.69) is 5.38 Å². The highest BCUT2D eigenvalue weighted by Gasteiger charge is 2.17. The molecule has 2 heterocycles. The van der Waals surface area contributed by atoms with E-state index in [1.807, 2.05) is 44.2 Å². The maximum absolute atomic E-state index is 8.63. The van der Waals surface area contributed by atoms with Crippen molar-refractivity contribution in [3.05, 3.63) is 5.38 Å². The summed E-state index contributed by atoms with van der Waals surface area (Å²) >= 11 is 4.00. The molecule has 0 aliphatic carbocycles. The third-order valence-corrected chi connectivity index (χ3v) is 6.45. The van der Waals surface area contributed by atoms with Gasteiger partial charge in [0.15, 0.2) is 10.3 Å². The number of thioether (sulfide) groups is 2. The molecule has 1 N–H and O–H groups in total. The Hall–Kier alpha value is 0.620. The Labute approximate surface area is 97.7 Å². The predicted molar refractivity (Wildman–Crippen MR) is 60.4 cm³/mol. The maximum Gasteiger partial charge on any atom is 0.294 e. The molecule has 0 atom stereocenters. The van der Waals surface area contributed by atoms with Crippen molar-refractivity contribution in [2.24, 2.45) is 0 Å². The third kappa shape index (κ3) is 5.49. The second kappa shape index (κ2) is 5.64. The van der Waals surface area contributed by atoms with Crippen LogP contribution in [0.1, 0.15) is 0 Å². The molecule has 0 aromatic carbocycles. The molecule has 80 valence electrons. The molecule has 0 spiro atoms. The standard InChI is InChI=1S/C5H5S4.H2O4S/c1-2-7-5-4(6-1)3-8-9-5;1-5(2,3)4/h3H,1-2H2;(H2,1,2,3,4)/q+1;/p-1. The number of hydrogen-bond acceptors (Lipinski definition) is 6. The highest BCUT2D eigenvalue weighted by molar-refractivity contribution is 8.08. The minimum atomic E-state index is -4.92. The number of hydrogen-bond donors (Lipinski definition) is 1. The lowest BCUT2D eigenvalue weighted by atomic mass is 10.8. The van der Waals surface area contributed by atoms with Gasteiger partial charge in [-0.05, 0) is 0 Å². The molecule has 1 aliphatic rings. The predicted octanol–water partition coefficient (Wildman–Crippen LogP) is 2.29. The summed E-state index contributed by atoms with van der Waals surface area (Å²) < 4.78 is 34.4. The molecule has 0 bridgehead atoms. The fraction of sp³-hybridized carbons (Fsp3) is 0.400. The molecule has 9 heteroatoms. The van der Waals surface area contributed by atoms with Gasteiger partial charge < -0.3 is 4.55 Å². The van der Waals surface area contributed by atoms with Crippen LogP contribution < -0.4 is 0 Å². The van der Waals surface area contributed by atoms with Crippen molar-refractivity contribution in [1.29, 1.82) is 0 Å². The van der Waals surface area contributed by atoms with Gasteiger partial charge in [0.1, 0.15) is 4.21 Å². The van der Waals surface area contributed by atoms with Crippen molar-refractivity contribution in [1.82, 2.24) is 0 Å². The Morgan fingerprint density at radius 1 is 1.43 bits per heavy atom. The van der Waals surface area contributed by atoms with Gasteiger partial charge in [-0.1, -0.05) is 0 Å². The molecule has 1 aromatic heterocycles. The molecule has 0 saturated heterocycles. The summed E-state index contributed by atoms with van der Waals surface area (Å²) in [6.45, 7) is 0. The Morgan fingerprint density at radius 2 is 2.00 bits per heavy atom. The molecule has 0 radical (unpaired) electrons. The average molecular weight is 290 g/mol. The van der Waals surface area contributed by atoms with E-state index in [1.54, 1.807) is 0 Å². The molecule has 2 rings (SSSR count). The first-order valence-electron chi connectivity index (χ1n) is 3.31. The van der Waals surface area contributed by atoms with E-state index in [0.29, 0.717) is 0 Å². The Kier molecular flexibility index (Phi) is 5.11. The first-order valence-corrected chi connectivity index (χ1v) is 8.86. The van der Waals surface area contributed by atoms with Crippen molar-refractivity contribution in [3.63, 3.8) is 0 Å². The maximum atomic E-state index is 8.63. The zero-order chi connectivity index (χ0) is 10.6. The van der Waals surface area contributed by atoms with Crippen LogP contribution in [0.4, 0.5) is 0 Å². The summed E-state index contributed by atoms with van der Waals surface area (Å²) in [6.07, 6.45) is 0. The van der Waals surface area contributed by atoms with Crippen molar-refractivity contribution < 1.29 is 17.5 Å². The minimum Gasteiger partial charge on any atom is -0.726 e. The van der Waals surface area contributed by atoms with Crippen LogP contribution in [0.15, 0.2) is 14.5 Å². The largest absolute Gasteiger partial charge is 0.726 e. The molecule has 4 nitrogen and oxygen atoms in total. The van der Waals surface area contributed by atoms with E-state index >= 15 is 0 Å². The summed E-state index contributed by atoms with van der Waals surface area (Å²) in [4.78, 5) is 1.52. The van der Waals surface area contributed by atoms with Gasteiger partial charge in [0.25, 0.3) is 10.3 Å². The third-order valence-electron chi connectivity index (χ3n) is 1.05. The Morgan fingerprint density at radius 3 is 2.57 bits per heavy atom. The van der Waals surface area contributed by atoms with Crippen molar-refractivity contribution >= 4 is 54.6 Å². The van der Waals surface area contributed by atoms with E-state index in [0.717, 1.165) is 0 Å². The second-order valence-corrected chi connectivity index (χ2v) is 7.51. The topological polar surface area (TPSA) is 77.4 Å². The lowest BCUT2D eigenvalue weighted by Gasteiger charge is -2.03. The number of fused-ring (bicyclic) bond motifs is 1. The zero-order valence-corrected chi connectivity index (χ0v) is 10.8. The Bertz CT molecular complexity index is 354. The molecule has 0 unspecified atom stereocenters. The molecule has 14 heavy (non-hydrogen) atoms. The molecule has 0 fully saturated rings. The van der Waals surface area contributed by atoms with Gasteiger partial charge in [0.05, 0.1) is 4.90 Å². The van der Waals surface area contributed by atoms with E-state index in [1.165, 1.54) is 20.6 Å². The van der Waals surface area contributed by atoms with Gasteiger partial charge in [-0.3, -0.25) is 4.55 Å².